The normalized spacial score (nSPS) is 21.4. The van der Waals surface area contributed by atoms with E-state index in [4.69, 9.17) is 4.74 Å². The molecule has 0 bridgehead atoms. The van der Waals surface area contributed by atoms with Crippen LogP contribution in [0.15, 0.2) is 12.7 Å². The summed E-state index contributed by atoms with van der Waals surface area (Å²) in [4.78, 5) is 17.0. The summed E-state index contributed by atoms with van der Waals surface area (Å²) in [6, 6.07) is 0.200. The molecule has 2 unspecified atom stereocenters. The Bertz CT molecular complexity index is 587. The third kappa shape index (κ3) is 3.07. The van der Waals surface area contributed by atoms with E-state index in [1.54, 1.807) is 6.33 Å². The highest BCUT2D eigenvalue weighted by Crippen LogP contribution is 2.17. The van der Waals surface area contributed by atoms with E-state index in [0.29, 0.717) is 17.8 Å². The van der Waals surface area contributed by atoms with Crippen LogP contribution in [0.5, 0.6) is 0 Å². The van der Waals surface area contributed by atoms with Gasteiger partial charge in [-0.2, -0.15) is 24.7 Å². The molecule has 9 heteroatoms. The zero-order valence-electron chi connectivity index (χ0n) is 12.0. The molecule has 21 heavy (non-hydrogen) atoms. The maximum absolute atomic E-state index is 5.54. The first-order valence-electron chi connectivity index (χ1n) is 6.99. The van der Waals surface area contributed by atoms with E-state index < -0.39 is 0 Å². The molecule has 1 aliphatic heterocycles. The largest absolute Gasteiger partial charge is 0.376 e. The van der Waals surface area contributed by atoms with Gasteiger partial charge in [0.1, 0.15) is 12.7 Å². The predicted octanol–water partition coefficient (Wildman–Crippen LogP) is 0.473. The van der Waals surface area contributed by atoms with Crippen LogP contribution in [-0.2, 0) is 4.74 Å². The van der Waals surface area contributed by atoms with E-state index in [1.807, 2.05) is 13.8 Å². The Morgan fingerprint density at radius 3 is 2.86 bits per heavy atom. The van der Waals surface area contributed by atoms with Crippen molar-refractivity contribution in [2.45, 2.75) is 32.4 Å². The molecule has 1 saturated heterocycles. The van der Waals surface area contributed by atoms with Crippen molar-refractivity contribution in [3.8, 4) is 5.95 Å². The average Bonchev–Trinajstić information content (AvgIpc) is 3.12. The van der Waals surface area contributed by atoms with Crippen LogP contribution in [0.2, 0.25) is 0 Å². The van der Waals surface area contributed by atoms with Gasteiger partial charge in [0.15, 0.2) is 0 Å². The van der Waals surface area contributed by atoms with E-state index in [2.05, 4.69) is 35.7 Å². The van der Waals surface area contributed by atoms with Gasteiger partial charge in [-0.05, 0) is 20.3 Å². The van der Waals surface area contributed by atoms with Gasteiger partial charge < -0.3 is 15.4 Å². The van der Waals surface area contributed by atoms with Gasteiger partial charge in [0.2, 0.25) is 11.9 Å². The first-order chi connectivity index (χ1) is 10.3. The lowest BCUT2D eigenvalue weighted by Gasteiger charge is -2.16. The highest BCUT2D eigenvalue weighted by molar-refractivity contribution is 5.38. The molecule has 0 aliphatic carbocycles. The van der Waals surface area contributed by atoms with Crippen LogP contribution in [0.4, 0.5) is 11.9 Å². The number of anilines is 2. The number of ether oxygens (including phenoxy) is 1. The standard InChI is InChI=1S/C12H18N8O/c1-3-14-10-17-11(16-9-4-5-21-8(9)2)19-12(18-10)20-7-13-6-15-20/h6-9H,3-5H2,1-2H3,(H2,14,16,17,18,19). The van der Waals surface area contributed by atoms with Crippen LogP contribution >= 0.6 is 0 Å². The van der Waals surface area contributed by atoms with Crippen molar-refractivity contribution in [1.29, 1.82) is 0 Å². The fourth-order valence-electron chi connectivity index (χ4n) is 2.17. The molecule has 0 aromatic carbocycles. The Hall–Kier alpha value is -2.29. The summed E-state index contributed by atoms with van der Waals surface area (Å²) in [5.41, 5.74) is 0. The van der Waals surface area contributed by atoms with Gasteiger partial charge in [0.25, 0.3) is 5.95 Å². The van der Waals surface area contributed by atoms with Gasteiger partial charge in [0.05, 0.1) is 12.1 Å². The number of hydrogen-bond donors (Lipinski definition) is 2. The second-order valence-corrected chi connectivity index (χ2v) is 4.77. The van der Waals surface area contributed by atoms with E-state index in [1.165, 1.54) is 11.0 Å². The predicted molar refractivity (Wildman–Crippen MR) is 76.3 cm³/mol. The lowest BCUT2D eigenvalue weighted by Crippen LogP contribution is -2.28. The fraction of sp³-hybridized carbons (Fsp3) is 0.583. The molecular weight excluding hydrogens is 272 g/mol. The maximum Gasteiger partial charge on any atom is 0.258 e. The van der Waals surface area contributed by atoms with Gasteiger partial charge in [0, 0.05) is 13.2 Å². The molecule has 112 valence electrons. The molecule has 0 spiro atoms. The summed E-state index contributed by atoms with van der Waals surface area (Å²) in [5.74, 6) is 1.44. The Kier molecular flexibility index (Phi) is 3.91. The number of nitrogens with one attached hydrogen (secondary N) is 2. The minimum absolute atomic E-state index is 0.138. The third-order valence-electron chi connectivity index (χ3n) is 3.27. The first kappa shape index (κ1) is 13.7. The van der Waals surface area contributed by atoms with Crippen molar-refractivity contribution in [3.05, 3.63) is 12.7 Å². The summed E-state index contributed by atoms with van der Waals surface area (Å²) < 4.78 is 7.04. The van der Waals surface area contributed by atoms with Gasteiger partial charge in [-0.25, -0.2) is 4.98 Å². The summed E-state index contributed by atoms with van der Waals surface area (Å²) in [5, 5.41) is 10.4. The lowest BCUT2D eigenvalue weighted by atomic mass is 10.2. The van der Waals surface area contributed by atoms with Crippen LogP contribution in [0, 0.1) is 0 Å². The Labute approximate surface area is 122 Å². The van der Waals surface area contributed by atoms with Gasteiger partial charge in [-0.15, -0.1) is 0 Å². The molecule has 0 amide bonds. The summed E-state index contributed by atoms with van der Waals surface area (Å²) in [7, 11) is 0. The van der Waals surface area contributed by atoms with Crippen LogP contribution in [0.25, 0.3) is 5.95 Å². The number of aromatic nitrogens is 6. The molecule has 0 radical (unpaired) electrons. The number of nitrogens with zero attached hydrogens (tertiary/aromatic N) is 6. The van der Waals surface area contributed by atoms with E-state index in [-0.39, 0.29) is 12.1 Å². The van der Waals surface area contributed by atoms with Crippen molar-refractivity contribution in [2.75, 3.05) is 23.8 Å². The van der Waals surface area contributed by atoms with Crippen molar-refractivity contribution in [1.82, 2.24) is 29.7 Å². The molecular formula is C12H18N8O. The van der Waals surface area contributed by atoms with Gasteiger partial charge in [-0.3, -0.25) is 0 Å². The number of rotatable bonds is 5. The molecule has 1 aliphatic rings. The van der Waals surface area contributed by atoms with Crippen molar-refractivity contribution >= 4 is 11.9 Å². The SMILES string of the molecule is CCNc1nc(NC2CCOC2C)nc(-n2cncn2)n1. The Balaban J connectivity index is 1.88. The first-order valence-corrected chi connectivity index (χ1v) is 6.99. The van der Waals surface area contributed by atoms with Crippen LogP contribution in [-0.4, -0.2) is 55.0 Å². The second kappa shape index (κ2) is 6.00. The van der Waals surface area contributed by atoms with Gasteiger partial charge >= 0.3 is 0 Å². The zero-order valence-corrected chi connectivity index (χ0v) is 12.0. The molecule has 2 N–H and O–H groups in total. The Morgan fingerprint density at radius 2 is 2.19 bits per heavy atom. The van der Waals surface area contributed by atoms with Crippen LogP contribution in [0.3, 0.4) is 0 Å². The third-order valence-corrected chi connectivity index (χ3v) is 3.27. The van der Waals surface area contributed by atoms with Crippen LogP contribution in [0.1, 0.15) is 20.3 Å². The molecule has 2 aromatic rings. The van der Waals surface area contributed by atoms with Crippen molar-refractivity contribution in [2.24, 2.45) is 0 Å². The van der Waals surface area contributed by atoms with E-state index in [0.717, 1.165) is 19.6 Å². The highest BCUT2D eigenvalue weighted by atomic mass is 16.5. The topological polar surface area (TPSA) is 103 Å². The number of hydrogen-bond acceptors (Lipinski definition) is 8. The van der Waals surface area contributed by atoms with Crippen molar-refractivity contribution in [3.63, 3.8) is 0 Å². The summed E-state index contributed by atoms with van der Waals surface area (Å²) in [6.07, 6.45) is 4.06. The van der Waals surface area contributed by atoms with Crippen LogP contribution < -0.4 is 10.6 Å². The molecule has 3 rings (SSSR count). The molecule has 0 saturated carbocycles. The molecule has 2 aromatic heterocycles. The van der Waals surface area contributed by atoms with Gasteiger partial charge in [-0.1, -0.05) is 0 Å². The Morgan fingerprint density at radius 1 is 1.33 bits per heavy atom. The quantitative estimate of drug-likeness (QED) is 0.819. The minimum Gasteiger partial charge on any atom is -0.376 e. The molecule has 9 nitrogen and oxygen atoms in total. The highest BCUT2D eigenvalue weighted by Gasteiger charge is 2.25. The second-order valence-electron chi connectivity index (χ2n) is 4.77. The summed E-state index contributed by atoms with van der Waals surface area (Å²) >= 11 is 0. The molecule has 3 heterocycles. The fourth-order valence-corrected chi connectivity index (χ4v) is 2.17. The monoisotopic (exact) mass is 290 g/mol. The molecule has 1 fully saturated rings. The smallest absolute Gasteiger partial charge is 0.258 e. The van der Waals surface area contributed by atoms with E-state index >= 15 is 0 Å². The lowest BCUT2D eigenvalue weighted by molar-refractivity contribution is 0.121. The minimum atomic E-state index is 0.138. The zero-order chi connectivity index (χ0) is 14.7. The summed E-state index contributed by atoms with van der Waals surface area (Å²) in [6.45, 7) is 5.50. The maximum atomic E-state index is 5.54. The molecule has 2 atom stereocenters. The van der Waals surface area contributed by atoms with E-state index in [9.17, 15) is 0 Å². The van der Waals surface area contributed by atoms with Crippen molar-refractivity contribution < 1.29 is 4.74 Å². The average molecular weight is 290 g/mol.